The summed E-state index contributed by atoms with van der Waals surface area (Å²) in [5.41, 5.74) is 0. The summed E-state index contributed by atoms with van der Waals surface area (Å²) in [6.45, 7) is 5.63. The fourth-order valence-electron chi connectivity index (χ4n) is 1.31. The molecular formula is C10H21NO2. The number of hydrogen-bond acceptors (Lipinski definition) is 3. The molecule has 0 aromatic carbocycles. The lowest BCUT2D eigenvalue weighted by atomic mass is 10.4. The number of hydrogen-bond donors (Lipinski definition) is 1. The predicted octanol–water partition coefficient (Wildman–Crippen LogP) is 1.04. The monoisotopic (exact) mass is 187 g/mol. The van der Waals surface area contributed by atoms with Crippen molar-refractivity contribution in [3.05, 3.63) is 0 Å². The molecule has 3 nitrogen and oxygen atoms in total. The smallest absolute Gasteiger partial charge is 0.0700 e. The summed E-state index contributed by atoms with van der Waals surface area (Å²) >= 11 is 0. The molecule has 1 rings (SSSR count). The molecule has 0 spiro atoms. The van der Waals surface area contributed by atoms with Crippen LogP contribution in [0.4, 0.5) is 0 Å². The Morgan fingerprint density at radius 2 is 2.08 bits per heavy atom. The zero-order valence-electron chi connectivity index (χ0n) is 8.71. The number of nitrogens with one attached hydrogen (secondary N) is 1. The van der Waals surface area contributed by atoms with Crippen molar-refractivity contribution in [3.63, 3.8) is 0 Å². The van der Waals surface area contributed by atoms with Gasteiger partial charge in [-0.3, -0.25) is 0 Å². The Hall–Kier alpha value is -0.120. The van der Waals surface area contributed by atoms with Crippen LogP contribution in [0.2, 0.25) is 0 Å². The molecule has 1 N–H and O–H groups in total. The highest BCUT2D eigenvalue weighted by Gasteiger charge is 2.31. The second kappa shape index (κ2) is 6.35. The van der Waals surface area contributed by atoms with Gasteiger partial charge in [0.25, 0.3) is 0 Å². The van der Waals surface area contributed by atoms with E-state index in [2.05, 4.69) is 12.2 Å². The Balaban J connectivity index is 1.69. The maximum absolute atomic E-state index is 5.34. The van der Waals surface area contributed by atoms with Crippen LogP contribution < -0.4 is 5.32 Å². The fraction of sp³-hybridized carbons (Fsp3) is 1.00. The molecule has 1 aliphatic rings. The van der Waals surface area contributed by atoms with Gasteiger partial charge in [0.15, 0.2) is 0 Å². The standard InChI is InChI=1S/C10H21NO2/c1-9-8-10(9)11-4-3-5-13-7-6-12-2/h9-11H,3-8H2,1-2H3. The maximum atomic E-state index is 5.34. The zero-order valence-corrected chi connectivity index (χ0v) is 8.71. The third-order valence-corrected chi connectivity index (χ3v) is 2.41. The summed E-state index contributed by atoms with van der Waals surface area (Å²) in [6, 6.07) is 0.791. The van der Waals surface area contributed by atoms with Gasteiger partial charge in [-0.05, 0) is 25.3 Å². The molecule has 0 aromatic heterocycles. The zero-order chi connectivity index (χ0) is 9.52. The van der Waals surface area contributed by atoms with E-state index in [1.54, 1.807) is 7.11 Å². The van der Waals surface area contributed by atoms with E-state index in [1.165, 1.54) is 6.42 Å². The highest BCUT2D eigenvalue weighted by molar-refractivity contribution is 4.89. The van der Waals surface area contributed by atoms with E-state index in [4.69, 9.17) is 9.47 Å². The average molecular weight is 187 g/mol. The Labute approximate surface area is 80.8 Å². The lowest BCUT2D eigenvalue weighted by Crippen LogP contribution is -2.20. The van der Waals surface area contributed by atoms with Crippen molar-refractivity contribution in [3.8, 4) is 0 Å². The fourth-order valence-corrected chi connectivity index (χ4v) is 1.31. The Bertz CT molecular complexity index is 130. The van der Waals surface area contributed by atoms with Crippen LogP contribution in [-0.2, 0) is 9.47 Å². The number of rotatable bonds is 8. The first-order valence-electron chi connectivity index (χ1n) is 5.14. The normalized spacial score (nSPS) is 26.3. The maximum Gasteiger partial charge on any atom is 0.0700 e. The molecule has 0 bridgehead atoms. The highest BCUT2D eigenvalue weighted by Crippen LogP contribution is 2.28. The molecule has 0 saturated heterocycles. The third kappa shape index (κ3) is 5.24. The van der Waals surface area contributed by atoms with Crippen LogP contribution in [0.1, 0.15) is 19.8 Å². The van der Waals surface area contributed by atoms with Crippen LogP contribution >= 0.6 is 0 Å². The first kappa shape index (κ1) is 11.0. The molecule has 0 aromatic rings. The molecule has 78 valence electrons. The van der Waals surface area contributed by atoms with Crippen LogP contribution in [0, 0.1) is 5.92 Å². The largest absolute Gasteiger partial charge is 0.382 e. The Kier molecular flexibility index (Phi) is 5.35. The van der Waals surface area contributed by atoms with E-state index in [9.17, 15) is 0 Å². The van der Waals surface area contributed by atoms with Crippen molar-refractivity contribution in [2.24, 2.45) is 5.92 Å². The molecular weight excluding hydrogens is 166 g/mol. The average Bonchev–Trinajstić information content (AvgIpc) is 2.81. The summed E-state index contributed by atoms with van der Waals surface area (Å²) in [6.07, 6.45) is 2.46. The molecule has 0 aliphatic heterocycles. The van der Waals surface area contributed by atoms with Crippen LogP contribution in [0.25, 0.3) is 0 Å². The van der Waals surface area contributed by atoms with Gasteiger partial charge < -0.3 is 14.8 Å². The molecule has 1 aliphatic carbocycles. The summed E-state index contributed by atoms with van der Waals surface area (Å²) in [4.78, 5) is 0. The predicted molar refractivity (Wildman–Crippen MR) is 52.9 cm³/mol. The minimum atomic E-state index is 0.701. The van der Waals surface area contributed by atoms with Crippen LogP contribution in [0.15, 0.2) is 0 Å². The molecule has 0 amide bonds. The summed E-state index contributed by atoms with van der Waals surface area (Å²) < 4.78 is 10.2. The molecule has 0 radical (unpaired) electrons. The van der Waals surface area contributed by atoms with Crippen molar-refractivity contribution >= 4 is 0 Å². The topological polar surface area (TPSA) is 30.5 Å². The van der Waals surface area contributed by atoms with Gasteiger partial charge in [0.2, 0.25) is 0 Å². The van der Waals surface area contributed by atoms with Gasteiger partial charge in [0.1, 0.15) is 0 Å². The Morgan fingerprint density at radius 3 is 2.69 bits per heavy atom. The van der Waals surface area contributed by atoms with Crippen LogP contribution in [0.5, 0.6) is 0 Å². The van der Waals surface area contributed by atoms with Crippen molar-refractivity contribution < 1.29 is 9.47 Å². The van der Waals surface area contributed by atoms with Gasteiger partial charge in [-0.2, -0.15) is 0 Å². The van der Waals surface area contributed by atoms with Gasteiger partial charge in [-0.15, -0.1) is 0 Å². The minimum absolute atomic E-state index is 0.701. The molecule has 2 unspecified atom stereocenters. The van der Waals surface area contributed by atoms with Gasteiger partial charge in [-0.25, -0.2) is 0 Å². The van der Waals surface area contributed by atoms with E-state index < -0.39 is 0 Å². The van der Waals surface area contributed by atoms with Crippen molar-refractivity contribution in [1.82, 2.24) is 5.32 Å². The lowest BCUT2D eigenvalue weighted by molar-refractivity contribution is 0.0694. The van der Waals surface area contributed by atoms with Crippen molar-refractivity contribution in [2.75, 3.05) is 33.5 Å². The van der Waals surface area contributed by atoms with E-state index in [1.807, 2.05) is 0 Å². The minimum Gasteiger partial charge on any atom is -0.382 e. The number of ether oxygens (including phenoxy) is 2. The summed E-state index contributed by atoms with van der Waals surface area (Å²) in [7, 11) is 1.69. The second-order valence-corrected chi connectivity index (χ2v) is 3.73. The van der Waals surface area contributed by atoms with Gasteiger partial charge >= 0.3 is 0 Å². The molecule has 2 atom stereocenters. The first-order valence-corrected chi connectivity index (χ1v) is 5.14. The first-order chi connectivity index (χ1) is 6.34. The summed E-state index contributed by atoms with van der Waals surface area (Å²) in [5, 5.41) is 3.49. The molecule has 1 saturated carbocycles. The molecule has 0 heterocycles. The van der Waals surface area contributed by atoms with Crippen LogP contribution in [0.3, 0.4) is 0 Å². The van der Waals surface area contributed by atoms with Gasteiger partial charge in [0.05, 0.1) is 13.2 Å². The molecule has 13 heavy (non-hydrogen) atoms. The van der Waals surface area contributed by atoms with E-state index in [0.29, 0.717) is 6.61 Å². The molecule has 3 heteroatoms. The lowest BCUT2D eigenvalue weighted by Gasteiger charge is -2.04. The Morgan fingerprint density at radius 1 is 1.31 bits per heavy atom. The SMILES string of the molecule is COCCOCCCNC1CC1C. The highest BCUT2D eigenvalue weighted by atomic mass is 16.5. The van der Waals surface area contributed by atoms with Crippen LogP contribution in [-0.4, -0.2) is 39.5 Å². The third-order valence-electron chi connectivity index (χ3n) is 2.41. The quantitative estimate of drug-likeness (QED) is 0.576. The molecule has 1 fully saturated rings. The number of methoxy groups -OCH3 is 1. The van der Waals surface area contributed by atoms with Crippen molar-refractivity contribution in [1.29, 1.82) is 0 Å². The van der Waals surface area contributed by atoms with E-state index in [-0.39, 0.29) is 0 Å². The van der Waals surface area contributed by atoms with Gasteiger partial charge in [-0.1, -0.05) is 6.92 Å². The second-order valence-electron chi connectivity index (χ2n) is 3.73. The van der Waals surface area contributed by atoms with E-state index in [0.717, 1.165) is 38.1 Å². The van der Waals surface area contributed by atoms with Gasteiger partial charge in [0, 0.05) is 19.8 Å². The van der Waals surface area contributed by atoms with Crippen molar-refractivity contribution in [2.45, 2.75) is 25.8 Å². The summed E-state index contributed by atoms with van der Waals surface area (Å²) in [5.74, 6) is 0.898. The van der Waals surface area contributed by atoms with E-state index >= 15 is 0 Å².